The Bertz CT molecular complexity index is 1130. The van der Waals surface area contributed by atoms with Gasteiger partial charge in [0.05, 0.1) is 0 Å². The molecule has 2 saturated heterocycles. The first-order valence-electron chi connectivity index (χ1n) is 12.3. The second-order valence-electron chi connectivity index (χ2n) is 9.63. The van der Waals surface area contributed by atoms with Crippen molar-refractivity contribution in [3.05, 3.63) is 108 Å². The molecule has 0 amide bonds. The SMILES string of the molecule is CC(=O)O[C@H]1C2OC(C)(C)O[C@H]2O[C@H]1C(=O)COC(c1ccccc1)(c1ccccc1)c1ccccc1. The Morgan fingerprint density at radius 1 is 0.811 bits per heavy atom. The van der Waals surface area contributed by atoms with Crippen LogP contribution in [-0.2, 0) is 38.9 Å². The fourth-order valence-corrected chi connectivity index (χ4v) is 5.09. The average Bonchev–Trinajstić information content (AvgIpc) is 3.38. The minimum absolute atomic E-state index is 0.302. The number of hydrogen-bond acceptors (Lipinski definition) is 7. The maximum Gasteiger partial charge on any atom is 0.303 e. The van der Waals surface area contributed by atoms with Crippen molar-refractivity contribution in [2.24, 2.45) is 0 Å². The third kappa shape index (κ3) is 4.95. The summed E-state index contributed by atoms with van der Waals surface area (Å²) in [7, 11) is 0. The normalized spacial score (nSPS) is 24.4. The third-order valence-corrected chi connectivity index (χ3v) is 6.58. The maximum atomic E-state index is 13.6. The molecule has 4 atom stereocenters. The molecule has 0 bridgehead atoms. The molecule has 37 heavy (non-hydrogen) atoms. The van der Waals surface area contributed by atoms with Gasteiger partial charge in [-0.1, -0.05) is 91.0 Å². The topological polar surface area (TPSA) is 80.3 Å². The number of carbonyl (C=O) groups excluding carboxylic acids is 2. The van der Waals surface area contributed by atoms with Gasteiger partial charge in [0.15, 0.2) is 36.2 Å². The van der Waals surface area contributed by atoms with Gasteiger partial charge in [0.2, 0.25) is 0 Å². The fourth-order valence-electron chi connectivity index (χ4n) is 5.09. The van der Waals surface area contributed by atoms with Crippen LogP contribution in [0.4, 0.5) is 0 Å². The number of Topliss-reactive ketones (excluding diaryl/α,β-unsaturated/α-hetero) is 1. The molecule has 2 fully saturated rings. The first kappa shape index (κ1) is 25.3. The number of benzene rings is 3. The van der Waals surface area contributed by atoms with Crippen molar-refractivity contribution in [3.8, 4) is 0 Å². The highest BCUT2D eigenvalue weighted by molar-refractivity contribution is 5.86. The number of ether oxygens (including phenoxy) is 5. The quantitative estimate of drug-likeness (QED) is 0.334. The monoisotopic (exact) mass is 502 g/mol. The summed E-state index contributed by atoms with van der Waals surface area (Å²) in [5.41, 5.74) is 1.54. The molecule has 0 spiro atoms. The van der Waals surface area contributed by atoms with Gasteiger partial charge in [0.1, 0.15) is 12.2 Å². The van der Waals surface area contributed by atoms with E-state index in [9.17, 15) is 9.59 Å². The Hall–Kier alpha value is -3.36. The van der Waals surface area contributed by atoms with E-state index in [1.165, 1.54) is 6.92 Å². The molecule has 0 aliphatic carbocycles. The molecule has 7 nitrogen and oxygen atoms in total. The number of rotatable bonds is 8. The van der Waals surface area contributed by atoms with Crippen molar-refractivity contribution < 1.29 is 33.3 Å². The zero-order valence-corrected chi connectivity index (χ0v) is 21.0. The Morgan fingerprint density at radius 3 is 1.76 bits per heavy atom. The van der Waals surface area contributed by atoms with Crippen LogP contribution in [0.5, 0.6) is 0 Å². The van der Waals surface area contributed by atoms with E-state index in [4.69, 9.17) is 23.7 Å². The maximum absolute atomic E-state index is 13.6. The highest BCUT2D eigenvalue weighted by Crippen LogP contribution is 2.42. The Balaban J connectivity index is 1.49. The molecule has 0 aromatic heterocycles. The lowest BCUT2D eigenvalue weighted by atomic mass is 9.80. The smallest absolute Gasteiger partial charge is 0.303 e. The highest BCUT2D eigenvalue weighted by atomic mass is 16.8. The molecule has 3 aromatic rings. The molecular weight excluding hydrogens is 472 g/mol. The predicted octanol–water partition coefficient (Wildman–Crippen LogP) is 4.37. The van der Waals surface area contributed by atoms with Gasteiger partial charge in [-0.05, 0) is 30.5 Å². The Morgan fingerprint density at radius 2 is 1.30 bits per heavy atom. The summed E-state index contributed by atoms with van der Waals surface area (Å²) in [4.78, 5) is 25.5. The lowest BCUT2D eigenvalue weighted by Gasteiger charge is -2.36. The van der Waals surface area contributed by atoms with Crippen LogP contribution in [0.1, 0.15) is 37.5 Å². The molecule has 192 valence electrons. The summed E-state index contributed by atoms with van der Waals surface area (Å²) < 4.78 is 29.7. The van der Waals surface area contributed by atoms with Crippen molar-refractivity contribution in [2.45, 2.75) is 56.8 Å². The Labute approximate surface area is 216 Å². The van der Waals surface area contributed by atoms with Gasteiger partial charge in [0, 0.05) is 6.92 Å². The van der Waals surface area contributed by atoms with Crippen molar-refractivity contribution in [3.63, 3.8) is 0 Å². The summed E-state index contributed by atoms with van der Waals surface area (Å²) in [5, 5.41) is 0. The van der Waals surface area contributed by atoms with E-state index in [0.717, 1.165) is 16.7 Å². The predicted molar refractivity (Wildman–Crippen MR) is 134 cm³/mol. The summed E-state index contributed by atoms with van der Waals surface area (Å²) in [6.45, 7) is 4.47. The molecule has 5 rings (SSSR count). The number of hydrogen-bond donors (Lipinski definition) is 0. The molecule has 7 heteroatoms. The Kier molecular flexibility index (Phi) is 6.96. The van der Waals surface area contributed by atoms with Crippen LogP contribution >= 0.6 is 0 Å². The molecule has 2 aliphatic heterocycles. The van der Waals surface area contributed by atoms with Gasteiger partial charge in [-0.2, -0.15) is 0 Å². The van der Waals surface area contributed by atoms with Crippen LogP contribution in [0.2, 0.25) is 0 Å². The van der Waals surface area contributed by atoms with E-state index < -0.39 is 42.0 Å². The molecule has 0 saturated carbocycles. The van der Waals surface area contributed by atoms with Crippen molar-refractivity contribution >= 4 is 11.8 Å². The molecule has 3 aromatic carbocycles. The van der Waals surface area contributed by atoms with E-state index in [-0.39, 0.29) is 12.4 Å². The van der Waals surface area contributed by atoms with Gasteiger partial charge in [0.25, 0.3) is 0 Å². The van der Waals surface area contributed by atoms with Crippen molar-refractivity contribution in [1.29, 1.82) is 0 Å². The molecule has 0 radical (unpaired) electrons. The summed E-state index contributed by atoms with van der Waals surface area (Å²) in [5.74, 6) is -1.83. The summed E-state index contributed by atoms with van der Waals surface area (Å²) in [6, 6.07) is 29.3. The van der Waals surface area contributed by atoms with Crippen molar-refractivity contribution in [1.82, 2.24) is 0 Å². The number of fused-ring (bicyclic) bond motifs is 1. The average molecular weight is 503 g/mol. The zero-order valence-electron chi connectivity index (χ0n) is 21.0. The zero-order chi connectivity index (χ0) is 26.0. The highest BCUT2D eigenvalue weighted by Gasteiger charge is 2.58. The minimum Gasteiger partial charge on any atom is -0.456 e. The summed E-state index contributed by atoms with van der Waals surface area (Å²) in [6.07, 6.45) is -3.57. The number of esters is 1. The molecule has 0 N–H and O–H groups in total. The number of ketones is 1. The van der Waals surface area contributed by atoms with E-state index >= 15 is 0 Å². The van der Waals surface area contributed by atoms with Crippen LogP contribution in [0.15, 0.2) is 91.0 Å². The first-order valence-corrected chi connectivity index (χ1v) is 12.3. The van der Waals surface area contributed by atoms with Gasteiger partial charge in [-0.25, -0.2) is 0 Å². The van der Waals surface area contributed by atoms with Crippen molar-refractivity contribution in [2.75, 3.05) is 6.61 Å². The minimum atomic E-state index is -1.09. The van der Waals surface area contributed by atoms with Gasteiger partial charge in [-0.3, -0.25) is 9.59 Å². The van der Waals surface area contributed by atoms with E-state index in [1.807, 2.05) is 91.0 Å². The fraction of sp³-hybridized carbons (Fsp3) is 0.333. The third-order valence-electron chi connectivity index (χ3n) is 6.58. The largest absolute Gasteiger partial charge is 0.456 e. The van der Waals surface area contributed by atoms with Crippen LogP contribution in [0.3, 0.4) is 0 Å². The van der Waals surface area contributed by atoms with Gasteiger partial charge in [-0.15, -0.1) is 0 Å². The van der Waals surface area contributed by atoms with Crippen LogP contribution in [-0.4, -0.2) is 48.7 Å². The lowest BCUT2D eigenvalue weighted by molar-refractivity contribution is -0.218. The van der Waals surface area contributed by atoms with Crippen LogP contribution in [0, 0.1) is 0 Å². The molecule has 2 heterocycles. The van der Waals surface area contributed by atoms with Gasteiger partial charge < -0.3 is 23.7 Å². The summed E-state index contributed by atoms with van der Waals surface area (Å²) >= 11 is 0. The van der Waals surface area contributed by atoms with Gasteiger partial charge >= 0.3 is 5.97 Å². The molecular formula is C30H30O7. The van der Waals surface area contributed by atoms with E-state index in [2.05, 4.69) is 0 Å². The van der Waals surface area contributed by atoms with Crippen LogP contribution < -0.4 is 0 Å². The van der Waals surface area contributed by atoms with Crippen LogP contribution in [0.25, 0.3) is 0 Å². The van der Waals surface area contributed by atoms with E-state index in [0.29, 0.717) is 0 Å². The molecule has 2 aliphatic rings. The second kappa shape index (κ2) is 10.2. The first-order chi connectivity index (χ1) is 17.8. The molecule has 1 unspecified atom stereocenters. The lowest BCUT2D eigenvalue weighted by Crippen LogP contribution is -2.44. The second-order valence-corrected chi connectivity index (χ2v) is 9.63. The van der Waals surface area contributed by atoms with E-state index in [1.54, 1.807) is 13.8 Å². The standard InChI is InChI=1S/C30H30O7/c1-20(31)34-26-25(35-28-27(26)36-29(2,3)37-28)24(32)19-33-30(21-13-7-4-8-14-21,22-15-9-5-10-16-22)23-17-11-6-12-18-23/h4-18,25-28H,19H2,1-3H3/t25-,26+,27?,28+/m0/s1. The number of carbonyl (C=O) groups is 2.